The van der Waals surface area contributed by atoms with Gasteiger partial charge in [0.25, 0.3) is 0 Å². The van der Waals surface area contributed by atoms with Crippen LogP contribution in [0, 0.1) is 0 Å². The van der Waals surface area contributed by atoms with Crippen LogP contribution in [-0.4, -0.2) is 40.1 Å². The van der Waals surface area contributed by atoms with Gasteiger partial charge in [0.2, 0.25) is 0 Å². The number of ether oxygens (including phenoxy) is 3. The Morgan fingerprint density at radius 2 is 2.17 bits per heavy atom. The molecule has 1 unspecified atom stereocenters. The molecule has 0 bridgehead atoms. The van der Waals surface area contributed by atoms with Crippen LogP contribution in [0.5, 0.6) is 5.75 Å². The monoisotopic (exact) mass is 251 g/mol. The molecule has 18 heavy (non-hydrogen) atoms. The highest BCUT2D eigenvalue weighted by Gasteiger charge is 2.22. The van der Waals surface area contributed by atoms with Crippen molar-refractivity contribution in [3.63, 3.8) is 0 Å². The van der Waals surface area contributed by atoms with Gasteiger partial charge in [-0.1, -0.05) is 18.2 Å². The predicted octanol–water partition coefficient (Wildman–Crippen LogP) is 1.76. The first-order valence-electron chi connectivity index (χ1n) is 6.43. The number of para-hydroxylation sites is 1. The van der Waals surface area contributed by atoms with E-state index in [0.29, 0.717) is 19.3 Å². The molecular formula is C14H21NO3. The average molecular weight is 251 g/mol. The van der Waals surface area contributed by atoms with E-state index in [2.05, 4.69) is 17.4 Å². The molecule has 0 fully saturated rings. The third-order valence-electron chi connectivity index (χ3n) is 2.99. The molecule has 4 heteroatoms. The van der Waals surface area contributed by atoms with Crippen LogP contribution in [0.2, 0.25) is 0 Å². The summed E-state index contributed by atoms with van der Waals surface area (Å²) in [6.45, 7) is 3.77. The summed E-state index contributed by atoms with van der Waals surface area (Å²) >= 11 is 0. The van der Waals surface area contributed by atoms with Crippen LogP contribution in [-0.2, 0) is 9.47 Å². The molecule has 0 aliphatic carbocycles. The molecule has 1 aliphatic rings. The SMILES string of the molecule is COCCOCCCNC1COc2ccccc21. The maximum atomic E-state index is 5.61. The summed E-state index contributed by atoms with van der Waals surface area (Å²) in [7, 11) is 1.68. The molecular weight excluding hydrogens is 230 g/mol. The Balaban J connectivity index is 1.61. The zero-order valence-electron chi connectivity index (χ0n) is 10.9. The van der Waals surface area contributed by atoms with Crippen LogP contribution >= 0.6 is 0 Å². The van der Waals surface area contributed by atoms with Crippen molar-refractivity contribution >= 4 is 0 Å². The minimum Gasteiger partial charge on any atom is -0.491 e. The Morgan fingerprint density at radius 1 is 1.28 bits per heavy atom. The van der Waals surface area contributed by atoms with Crippen molar-refractivity contribution in [1.82, 2.24) is 5.32 Å². The molecule has 0 saturated heterocycles. The molecule has 1 atom stereocenters. The van der Waals surface area contributed by atoms with Crippen molar-refractivity contribution in [3.8, 4) is 5.75 Å². The number of benzene rings is 1. The average Bonchev–Trinajstić information content (AvgIpc) is 2.81. The van der Waals surface area contributed by atoms with Gasteiger partial charge in [-0.05, 0) is 19.0 Å². The maximum absolute atomic E-state index is 5.61. The summed E-state index contributed by atoms with van der Waals surface area (Å²) in [5.41, 5.74) is 1.26. The fourth-order valence-electron chi connectivity index (χ4n) is 2.03. The first-order chi connectivity index (χ1) is 8.92. The van der Waals surface area contributed by atoms with Crippen LogP contribution in [0.15, 0.2) is 24.3 Å². The molecule has 2 rings (SSSR count). The Bertz CT molecular complexity index is 357. The van der Waals surface area contributed by atoms with E-state index in [1.807, 2.05) is 12.1 Å². The van der Waals surface area contributed by atoms with E-state index in [-0.39, 0.29) is 0 Å². The molecule has 1 heterocycles. The smallest absolute Gasteiger partial charge is 0.124 e. The van der Waals surface area contributed by atoms with Crippen molar-refractivity contribution in [2.24, 2.45) is 0 Å². The van der Waals surface area contributed by atoms with E-state index >= 15 is 0 Å². The van der Waals surface area contributed by atoms with E-state index in [9.17, 15) is 0 Å². The van der Waals surface area contributed by atoms with Crippen LogP contribution < -0.4 is 10.1 Å². The topological polar surface area (TPSA) is 39.7 Å². The van der Waals surface area contributed by atoms with Crippen molar-refractivity contribution in [3.05, 3.63) is 29.8 Å². The Hall–Kier alpha value is -1.10. The molecule has 0 spiro atoms. The lowest BCUT2D eigenvalue weighted by molar-refractivity contribution is 0.0691. The lowest BCUT2D eigenvalue weighted by Gasteiger charge is -2.11. The molecule has 4 nitrogen and oxygen atoms in total. The van der Waals surface area contributed by atoms with Crippen molar-refractivity contribution in [2.45, 2.75) is 12.5 Å². The van der Waals surface area contributed by atoms with Crippen LogP contribution in [0.1, 0.15) is 18.0 Å². The molecule has 0 radical (unpaired) electrons. The molecule has 0 amide bonds. The Kier molecular flexibility index (Phi) is 5.45. The van der Waals surface area contributed by atoms with Gasteiger partial charge < -0.3 is 19.5 Å². The Labute approximate surface area is 108 Å². The van der Waals surface area contributed by atoms with Gasteiger partial charge >= 0.3 is 0 Å². The van der Waals surface area contributed by atoms with E-state index in [1.165, 1.54) is 5.56 Å². The van der Waals surface area contributed by atoms with Gasteiger partial charge in [-0.2, -0.15) is 0 Å². The van der Waals surface area contributed by atoms with Crippen LogP contribution in [0.4, 0.5) is 0 Å². The highest BCUT2D eigenvalue weighted by Crippen LogP contribution is 2.31. The predicted molar refractivity (Wildman–Crippen MR) is 70.0 cm³/mol. The normalized spacial score (nSPS) is 17.5. The van der Waals surface area contributed by atoms with Gasteiger partial charge in [0.15, 0.2) is 0 Å². The molecule has 1 N–H and O–H groups in total. The largest absolute Gasteiger partial charge is 0.491 e. The van der Waals surface area contributed by atoms with Gasteiger partial charge in [0, 0.05) is 19.3 Å². The maximum Gasteiger partial charge on any atom is 0.124 e. The molecule has 1 aliphatic heterocycles. The summed E-state index contributed by atoms with van der Waals surface area (Å²) in [6, 6.07) is 8.51. The van der Waals surface area contributed by atoms with Crippen LogP contribution in [0.3, 0.4) is 0 Å². The zero-order valence-corrected chi connectivity index (χ0v) is 10.9. The number of nitrogens with one attached hydrogen (secondary N) is 1. The van der Waals surface area contributed by atoms with Gasteiger partial charge in [0.1, 0.15) is 12.4 Å². The quantitative estimate of drug-likeness (QED) is 0.715. The second kappa shape index (κ2) is 7.36. The van der Waals surface area contributed by atoms with Gasteiger partial charge in [-0.25, -0.2) is 0 Å². The third-order valence-corrected chi connectivity index (χ3v) is 2.99. The lowest BCUT2D eigenvalue weighted by atomic mass is 10.1. The van der Waals surface area contributed by atoms with E-state index in [4.69, 9.17) is 14.2 Å². The molecule has 1 aromatic carbocycles. The van der Waals surface area contributed by atoms with Crippen molar-refractivity contribution in [2.75, 3.05) is 40.1 Å². The summed E-state index contributed by atoms with van der Waals surface area (Å²) in [4.78, 5) is 0. The zero-order chi connectivity index (χ0) is 12.6. The highest BCUT2D eigenvalue weighted by molar-refractivity contribution is 5.39. The molecule has 1 aromatic rings. The van der Waals surface area contributed by atoms with Crippen molar-refractivity contribution < 1.29 is 14.2 Å². The first kappa shape index (κ1) is 13.3. The molecule has 100 valence electrons. The minimum absolute atomic E-state index is 0.320. The number of rotatable bonds is 8. The number of fused-ring (bicyclic) bond motifs is 1. The number of hydrogen-bond acceptors (Lipinski definition) is 4. The lowest BCUT2D eigenvalue weighted by Crippen LogP contribution is -2.24. The van der Waals surface area contributed by atoms with E-state index in [0.717, 1.165) is 31.9 Å². The summed E-state index contributed by atoms with van der Waals surface area (Å²) in [6.07, 6.45) is 1.00. The fraction of sp³-hybridized carbons (Fsp3) is 0.571. The standard InChI is InChI=1S/C14H21NO3/c1-16-9-10-17-8-4-7-15-13-11-18-14-6-3-2-5-12(13)14/h2-3,5-6,13,15H,4,7-11H2,1H3. The summed E-state index contributed by atoms with van der Waals surface area (Å²) in [5.74, 6) is 1.01. The number of methoxy groups -OCH3 is 1. The van der Waals surface area contributed by atoms with E-state index in [1.54, 1.807) is 7.11 Å². The van der Waals surface area contributed by atoms with Crippen molar-refractivity contribution in [1.29, 1.82) is 0 Å². The number of hydrogen-bond donors (Lipinski definition) is 1. The van der Waals surface area contributed by atoms with Gasteiger partial charge in [0.05, 0.1) is 19.3 Å². The highest BCUT2D eigenvalue weighted by atomic mass is 16.5. The molecule has 0 saturated carbocycles. The van der Waals surface area contributed by atoms with E-state index < -0.39 is 0 Å². The minimum atomic E-state index is 0.320. The van der Waals surface area contributed by atoms with Gasteiger partial charge in [-0.3, -0.25) is 0 Å². The second-order valence-electron chi connectivity index (χ2n) is 4.31. The second-order valence-corrected chi connectivity index (χ2v) is 4.31. The third kappa shape index (κ3) is 3.70. The Morgan fingerprint density at radius 3 is 3.06 bits per heavy atom. The molecule has 0 aromatic heterocycles. The fourth-order valence-corrected chi connectivity index (χ4v) is 2.03. The van der Waals surface area contributed by atoms with Crippen LogP contribution in [0.25, 0.3) is 0 Å². The van der Waals surface area contributed by atoms with Gasteiger partial charge in [-0.15, -0.1) is 0 Å². The summed E-state index contributed by atoms with van der Waals surface area (Å²) in [5, 5.41) is 3.49. The summed E-state index contributed by atoms with van der Waals surface area (Å²) < 4.78 is 15.9. The first-order valence-corrected chi connectivity index (χ1v) is 6.43.